The summed E-state index contributed by atoms with van der Waals surface area (Å²) in [5, 5.41) is 1.09. The minimum Gasteiger partial charge on any atom is -0.374 e. The van der Waals surface area contributed by atoms with E-state index in [9.17, 15) is 4.79 Å². The summed E-state index contributed by atoms with van der Waals surface area (Å²) in [6.45, 7) is 0. The minimum atomic E-state index is 0.112. The highest BCUT2D eigenvalue weighted by Gasteiger charge is 2.43. The van der Waals surface area contributed by atoms with Crippen LogP contribution in [0.15, 0.2) is 36.5 Å². The quantitative estimate of drug-likeness (QED) is 0.858. The van der Waals surface area contributed by atoms with Crippen LogP contribution in [0.3, 0.4) is 0 Å². The summed E-state index contributed by atoms with van der Waals surface area (Å²) in [6.07, 6.45) is 5.92. The van der Waals surface area contributed by atoms with E-state index in [2.05, 4.69) is 4.98 Å². The summed E-state index contributed by atoms with van der Waals surface area (Å²) in [7, 11) is 0. The minimum absolute atomic E-state index is 0.112. The van der Waals surface area contributed by atoms with Gasteiger partial charge in [0.25, 0.3) is 0 Å². The second kappa shape index (κ2) is 4.67. The molecule has 0 spiro atoms. The Morgan fingerprint density at radius 1 is 1.25 bits per heavy atom. The summed E-state index contributed by atoms with van der Waals surface area (Å²) in [4.78, 5) is 16.9. The van der Waals surface area contributed by atoms with Crippen LogP contribution in [-0.2, 0) is 16.0 Å². The van der Waals surface area contributed by atoms with Gasteiger partial charge in [-0.1, -0.05) is 18.2 Å². The van der Waals surface area contributed by atoms with Crippen LogP contribution in [0.1, 0.15) is 24.8 Å². The van der Waals surface area contributed by atoms with E-state index in [-0.39, 0.29) is 12.0 Å². The SMILES string of the molecule is O=C(Cc1ccnc2ccccc12)C1CC2CCC1O2. The van der Waals surface area contributed by atoms with E-state index in [1.807, 2.05) is 30.3 Å². The highest BCUT2D eigenvalue weighted by molar-refractivity contribution is 5.90. The number of para-hydroxylation sites is 1. The maximum absolute atomic E-state index is 12.5. The summed E-state index contributed by atoms with van der Waals surface area (Å²) < 4.78 is 5.80. The molecule has 2 fully saturated rings. The molecule has 2 saturated heterocycles. The third-order valence-electron chi connectivity index (χ3n) is 4.62. The molecule has 0 aliphatic carbocycles. The summed E-state index contributed by atoms with van der Waals surface area (Å²) in [5.74, 6) is 0.439. The van der Waals surface area contributed by atoms with Crippen LogP contribution in [0, 0.1) is 5.92 Å². The lowest BCUT2D eigenvalue weighted by atomic mass is 9.84. The van der Waals surface area contributed by atoms with Crippen molar-refractivity contribution < 1.29 is 9.53 Å². The van der Waals surface area contributed by atoms with E-state index < -0.39 is 0 Å². The Balaban J connectivity index is 1.60. The summed E-state index contributed by atoms with van der Waals surface area (Å²) >= 11 is 0. The standard InChI is InChI=1S/C17H17NO2/c19-16(14-10-12-5-6-17(14)20-12)9-11-7-8-18-15-4-2-1-3-13(11)15/h1-4,7-8,12,14,17H,5-6,9-10H2. The molecular weight excluding hydrogens is 250 g/mol. The van der Waals surface area contributed by atoms with Crippen LogP contribution < -0.4 is 0 Å². The van der Waals surface area contributed by atoms with Gasteiger partial charge < -0.3 is 4.74 Å². The number of fused-ring (bicyclic) bond motifs is 3. The van der Waals surface area contributed by atoms with Gasteiger partial charge in [-0.05, 0) is 37.0 Å². The van der Waals surface area contributed by atoms with Crippen molar-refractivity contribution in [2.75, 3.05) is 0 Å². The number of carbonyl (C=O) groups is 1. The van der Waals surface area contributed by atoms with Gasteiger partial charge in [-0.2, -0.15) is 0 Å². The van der Waals surface area contributed by atoms with E-state index in [0.717, 1.165) is 35.7 Å². The Hall–Kier alpha value is -1.74. The third-order valence-corrected chi connectivity index (χ3v) is 4.62. The number of pyridine rings is 1. The molecule has 3 atom stereocenters. The first-order valence-corrected chi connectivity index (χ1v) is 7.32. The Bertz CT molecular complexity index is 662. The predicted molar refractivity (Wildman–Crippen MR) is 76.5 cm³/mol. The molecule has 20 heavy (non-hydrogen) atoms. The number of rotatable bonds is 3. The maximum Gasteiger partial charge on any atom is 0.143 e. The molecule has 1 aromatic heterocycles. The van der Waals surface area contributed by atoms with Crippen molar-refractivity contribution >= 4 is 16.7 Å². The van der Waals surface area contributed by atoms with Gasteiger partial charge in [-0.25, -0.2) is 0 Å². The number of nitrogens with zero attached hydrogens (tertiary/aromatic N) is 1. The highest BCUT2D eigenvalue weighted by atomic mass is 16.5. The molecule has 0 amide bonds. The highest BCUT2D eigenvalue weighted by Crippen LogP contribution is 2.39. The molecule has 1 aromatic carbocycles. The van der Waals surface area contributed by atoms with Gasteiger partial charge in [-0.15, -0.1) is 0 Å². The van der Waals surface area contributed by atoms with Crippen LogP contribution in [-0.4, -0.2) is 23.0 Å². The van der Waals surface area contributed by atoms with Gasteiger partial charge in [0.2, 0.25) is 0 Å². The second-order valence-electron chi connectivity index (χ2n) is 5.85. The van der Waals surface area contributed by atoms with Gasteiger partial charge in [0.1, 0.15) is 5.78 Å². The van der Waals surface area contributed by atoms with Crippen LogP contribution in [0.2, 0.25) is 0 Å². The molecule has 2 aliphatic rings. The number of aromatic nitrogens is 1. The molecular formula is C17H17NO2. The van der Waals surface area contributed by atoms with Gasteiger partial charge in [0, 0.05) is 23.9 Å². The summed E-state index contributed by atoms with van der Waals surface area (Å²) in [5.41, 5.74) is 2.05. The number of Topliss-reactive ketones (excluding diaryl/α,β-unsaturated/α-hetero) is 1. The smallest absolute Gasteiger partial charge is 0.143 e. The fraction of sp³-hybridized carbons (Fsp3) is 0.412. The van der Waals surface area contributed by atoms with Crippen molar-refractivity contribution in [1.82, 2.24) is 4.98 Å². The molecule has 2 aliphatic heterocycles. The molecule has 0 N–H and O–H groups in total. The molecule has 0 radical (unpaired) electrons. The average Bonchev–Trinajstić information content (AvgIpc) is 3.10. The zero-order chi connectivity index (χ0) is 13.5. The molecule has 2 aromatic rings. The van der Waals surface area contributed by atoms with Crippen molar-refractivity contribution in [3.63, 3.8) is 0 Å². The fourth-order valence-electron chi connectivity index (χ4n) is 3.60. The normalized spacial score (nSPS) is 28.1. The number of ether oxygens (including phenoxy) is 1. The Kier molecular flexibility index (Phi) is 2.81. The molecule has 3 nitrogen and oxygen atoms in total. The van der Waals surface area contributed by atoms with Gasteiger partial charge in [-0.3, -0.25) is 9.78 Å². The van der Waals surface area contributed by atoms with E-state index in [1.165, 1.54) is 0 Å². The largest absolute Gasteiger partial charge is 0.374 e. The van der Waals surface area contributed by atoms with E-state index in [0.29, 0.717) is 18.3 Å². The van der Waals surface area contributed by atoms with Gasteiger partial charge in [0.05, 0.1) is 17.7 Å². The van der Waals surface area contributed by atoms with E-state index in [1.54, 1.807) is 6.20 Å². The second-order valence-corrected chi connectivity index (χ2v) is 5.85. The monoisotopic (exact) mass is 267 g/mol. The number of hydrogen-bond acceptors (Lipinski definition) is 3. The topological polar surface area (TPSA) is 39.2 Å². The molecule has 3 heterocycles. The zero-order valence-corrected chi connectivity index (χ0v) is 11.3. The maximum atomic E-state index is 12.5. The number of benzene rings is 1. The molecule has 4 rings (SSSR count). The summed E-state index contributed by atoms with van der Waals surface area (Å²) in [6, 6.07) is 9.98. The van der Waals surface area contributed by atoms with Crippen molar-refractivity contribution in [2.45, 2.75) is 37.9 Å². The van der Waals surface area contributed by atoms with Crippen LogP contribution in [0.5, 0.6) is 0 Å². The average molecular weight is 267 g/mol. The Morgan fingerprint density at radius 2 is 2.15 bits per heavy atom. The number of ketones is 1. The lowest BCUT2D eigenvalue weighted by Gasteiger charge is -2.17. The first kappa shape index (κ1) is 12.0. The van der Waals surface area contributed by atoms with Crippen LogP contribution in [0.4, 0.5) is 0 Å². The first-order valence-electron chi connectivity index (χ1n) is 7.32. The van der Waals surface area contributed by atoms with Crippen molar-refractivity contribution in [1.29, 1.82) is 0 Å². The van der Waals surface area contributed by atoms with Crippen LogP contribution >= 0.6 is 0 Å². The van der Waals surface area contributed by atoms with Gasteiger partial charge >= 0.3 is 0 Å². The fourth-order valence-corrected chi connectivity index (χ4v) is 3.60. The molecule has 2 bridgehead atoms. The van der Waals surface area contributed by atoms with E-state index in [4.69, 9.17) is 4.74 Å². The number of carbonyl (C=O) groups excluding carboxylic acids is 1. The molecule has 0 saturated carbocycles. The molecule has 3 heteroatoms. The third kappa shape index (κ3) is 1.93. The first-order chi connectivity index (χ1) is 9.81. The predicted octanol–water partition coefficient (Wildman–Crippen LogP) is 2.91. The molecule has 3 unspecified atom stereocenters. The number of hydrogen-bond donors (Lipinski definition) is 0. The van der Waals surface area contributed by atoms with Gasteiger partial charge in [0.15, 0.2) is 0 Å². The van der Waals surface area contributed by atoms with Crippen molar-refractivity contribution in [2.24, 2.45) is 5.92 Å². The lowest BCUT2D eigenvalue weighted by Crippen LogP contribution is -2.26. The zero-order valence-electron chi connectivity index (χ0n) is 11.3. The Labute approximate surface area is 118 Å². The van der Waals surface area contributed by atoms with Crippen LogP contribution in [0.25, 0.3) is 10.9 Å². The van der Waals surface area contributed by atoms with Crippen molar-refractivity contribution in [3.8, 4) is 0 Å². The lowest BCUT2D eigenvalue weighted by molar-refractivity contribution is -0.123. The Morgan fingerprint density at radius 3 is 2.95 bits per heavy atom. The van der Waals surface area contributed by atoms with E-state index >= 15 is 0 Å². The molecule has 102 valence electrons. The van der Waals surface area contributed by atoms with Crippen molar-refractivity contribution in [3.05, 3.63) is 42.1 Å².